The van der Waals surface area contributed by atoms with Crippen LogP contribution < -0.4 is 11.2 Å². The van der Waals surface area contributed by atoms with Crippen LogP contribution in [0.2, 0.25) is 0 Å². The van der Waals surface area contributed by atoms with Crippen molar-refractivity contribution < 1.29 is 0 Å². The van der Waals surface area contributed by atoms with E-state index in [1.807, 2.05) is 37.3 Å². The van der Waals surface area contributed by atoms with E-state index in [4.69, 9.17) is 0 Å². The first-order valence-electron chi connectivity index (χ1n) is 7.73. The van der Waals surface area contributed by atoms with Gasteiger partial charge in [-0.25, -0.2) is 4.79 Å². The molecule has 0 saturated carbocycles. The third-order valence-electron chi connectivity index (χ3n) is 4.11. The first-order chi connectivity index (χ1) is 12.1. The average molecular weight is 350 g/mol. The molecule has 3 heterocycles. The Labute approximate surface area is 146 Å². The summed E-state index contributed by atoms with van der Waals surface area (Å²) >= 11 is 1.08. The summed E-state index contributed by atoms with van der Waals surface area (Å²) in [4.78, 5) is 32.4. The highest BCUT2D eigenvalue weighted by Crippen LogP contribution is 2.24. The van der Waals surface area contributed by atoms with Crippen molar-refractivity contribution in [3.8, 4) is 11.4 Å². The molecular weight excluding hydrogens is 336 g/mol. The van der Waals surface area contributed by atoms with Gasteiger partial charge in [-0.2, -0.15) is 4.37 Å². The topological polar surface area (TPSA) is 80.6 Å². The molecule has 0 aliphatic heterocycles. The van der Waals surface area contributed by atoms with Crippen molar-refractivity contribution in [1.29, 1.82) is 0 Å². The molecule has 124 valence electrons. The largest absolute Gasteiger partial charge is 0.329 e. The molecule has 0 bridgehead atoms. The molecule has 25 heavy (non-hydrogen) atoms. The van der Waals surface area contributed by atoms with Crippen LogP contribution in [0.5, 0.6) is 0 Å². The standard InChI is InChI=1S/C18H14N4O2S/c1-11-6-2-3-7-12(11)10-22-17(23)16-15(20-18(22)24)14(21-25-16)13-8-4-5-9-19-13/h2-9H,10H2,1H3,(H,20,24). The van der Waals surface area contributed by atoms with E-state index in [1.54, 1.807) is 18.3 Å². The number of hydrogen-bond acceptors (Lipinski definition) is 5. The Morgan fingerprint density at radius 1 is 1.12 bits per heavy atom. The Kier molecular flexibility index (Phi) is 3.77. The highest BCUT2D eigenvalue weighted by atomic mass is 32.1. The van der Waals surface area contributed by atoms with Crippen LogP contribution in [-0.2, 0) is 6.54 Å². The molecule has 0 fully saturated rings. The fourth-order valence-electron chi connectivity index (χ4n) is 2.72. The second-order valence-corrected chi connectivity index (χ2v) is 6.47. The summed E-state index contributed by atoms with van der Waals surface area (Å²) in [5.41, 5.74) is 2.79. The number of aromatic amines is 1. The van der Waals surface area contributed by atoms with Crippen molar-refractivity contribution >= 4 is 21.7 Å². The van der Waals surface area contributed by atoms with Gasteiger partial charge in [0.2, 0.25) is 0 Å². The Morgan fingerprint density at radius 2 is 1.92 bits per heavy atom. The Morgan fingerprint density at radius 3 is 2.68 bits per heavy atom. The predicted molar refractivity (Wildman–Crippen MR) is 98.0 cm³/mol. The van der Waals surface area contributed by atoms with Crippen molar-refractivity contribution in [2.24, 2.45) is 0 Å². The van der Waals surface area contributed by atoms with Gasteiger partial charge >= 0.3 is 5.69 Å². The molecule has 0 radical (unpaired) electrons. The zero-order chi connectivity index (χ0) is 17.4. The van der Waals surface area contributed by atoms with Crippen molar-refractivity contribution in [2.75, 3.05) is 0 Å². The number of H-pyrrole nitrogens is 1. The maximum absolute atomic E-state index is 12.8. The van der Waals surface area contributed by atoms with Crippen LogP contribution in [-0.4, -0.2) is 18.9 Å². The van der Waals surface area contributed by atoms with E-state index >= 15 is 0 Å². The molecule has 6 nitrogen and oxygen atoms in total. The molecule has 1 aromatic carbocycles. The van der Waals surface area contributed by atoms with E-state index in [2.05, 4.69) is 14.3 Å². The Balaban J connectivity index is 1.88. The summed E-state index contributed by atoms with van der Waals surface area (Å²) in [6, 6.07) is 13.1. The zero-order valence-corrected chi connectivity index (χ0v) is 14.2. The summed E-state index contributed by atoms with van der Waals surface area (Å²) in [5.74, 6) is 0. The highest BCUT2D eigenvalue weighted by Gasteiger charge is 2.16. The summed E-state index contributed by atoms with van der Waals surface area (Å²) in [5, 5.41) is 0. The molecular formula is C18H14N4O2S. The minimum atomic E-state index is -0.446. The summed E-state index contributed by atoms with van der Waals surface area (Å²) < 4.78 is 5.97. The van der Waals surface area contributed by atoms with Crippen LogP contribution in [0.25, 0.3) is 21.6 Å². The molecule has 0 amide bonds. The van der Waals surface area contributed by atoms with Gasteiger partial charge in [-0.1, -0.05) is 30.3 Å². The van der Waals surface area contributed by atoms with E-state index in [-0.39, 0.29) is 12.1 Å². The Hall–Kier alpha value is -3.06. The van der Waals surface area contributed by atoms with E-state index in [9.17, 15) is 9.59 Å². The number of rotatable bonds is 3. The van der Waals surface area contributed by atoms with Gasteiger partial charge in [0.1, 0.15) is 10.4 Å². The monoisotopic (exact) mass is 350 g/mol. The molecule has 1 N–H and O–H groups in total. The number of nitrogens with zero attached hydrogens (tertiary/aromatic N) is 3. The van der Waals surface area contributed by atoms with Crippen molar-refractivity contribution in [1.82, 2.24) is 18.9 Å². The molecule has 4 aromatic rings. The lowest BCUT2D eigenvalue weighted by atomic mass is 10.1. The van der Waals surface area contributed by atoms with E-state index in [0.29, 0.717) is 21.6 Å². The van der Waals surface area contributed by atoms with Gasteiger partial charge in [-0.05, 0) is 41.7 Å². The van der Waals surface area contributed by atoms with Crippen LogP contribution in [0.15, 0.2) is 58.3 Å². The van der Waals surface area contributed by atoms with Crippen molar-refractivity contribution in [3.63, 3.8) is 0 Å². The maximum Gasteiger partial charge on any atom is 0.329 e. The second-order valence-electron chi connectivity index (χ2n) is 5.70. The van der Waals surface area contributed by atoms with Crippen LogP contribution in [0, 0.1) is 6.92 Å². The van der Waals surface area contributed by atoms with Gasteiger partial charge in [-0.3, -0.25) is 14.3 Å². The molecule has 0 unspecified atom stereocenters. The van der Waals surface area contributed by atoms with E-state index in [1.165, 1.54) is 4.57 Å². The second kappa shape index (κ2) is 6.10. The fourth-order valence-corrected chi connectivity index (χ4v) is 3.52. The van der Waals surface area contributed by atoms with Crippen LogP contribution in [0.3, 0.4) is 0 Å². The maximum atomic E-state index is 12.8. The fraction of sp³-hybridized carbons (Fsp3) is 0.111. The average Bonchev–Trinajstić information content (AvgIpc) is 3.04. The number of nitrogens with one attached hydrogen (secondary N) is 1. The van der Waals surface area contributed by atoms with Crippen LogP contribution in [0.4, 0.5) is 0 Å². The number of pyridine rings is 1. The number of aromatic nitrogens is 4. The number of hydrogen-bond donors (Lipinski definition) is 1. The first kappa shape index (κ1) is 15.5. The lowest BCUT2D eigenvalue weighted by Gasteiger charge is -2.07. The van der Waals surface area contributed by atoms with Gasteiger partial charge in [0, 0.05) is 6.20 Å². The number of benzene rings is 1. The molecule has 0 saturated heterocycles. The molecule has 3 aromatic heterocycles. The van der Waals surface area contributed by atoms with Gasteiger partial charge in [0.15, 0.2) is 0 Å². The smallest absolute Gasteiger partial charge is 0.304 e. The number of fused-ring (bicyclic) bond motifs is 1. The molecule has 7 heteroatoms. The van der Waals surface area contributed by atoms with Crippen LogP contribution in [0.1, 0.15) is 11.1 Å². The van der Waals surface area contributed by atoms with Gasteiger partial charge in [-0.15, -0.1) is 0 Å². The van der Waals surface area contributed by atoms with Crippen LogP contribution >= 0.6 is 11.5 Å². The Bertz CT molecular complexity index is 1180. The summed E-state index contributed by atoms with van der Waals surface area (Å²) in [6.07, 6.45) is 1.65. The lowest BCUT2D eigenvalue weighted by molar-refractivity contribution is 0.710. The predicted octanol–water partition coefficient (Wildman–Crippen LogP) is 2.57. The van der Waals surface area contributed by atoms with Gasteiger partial charge < -0.3 is 4.98 Å². The van der Waals surface area contributed by atoms with E-state index < -0.39 is 5.69 Å². The normalized spacial score (nSPS) is 11.1. The number of aryl methyl sites for hydroxylation is 1. The lowest BCUT2D eigenvalue weighted by Crippen LogP contribution is -2.35. The molecule has 0 aliphatic carbocycles. The molecule has 4 rings (SSSR count). The third kappa shape index (κ3) is 2.68. The van der Waals surface area contributed by atoms with E-state index in [0.717, 1.165) is 22.7 Å². The third-order valence-corrected chi connectivity index (χ3v) is 4.94. The molecule has 0 aliphatic rings. The SMILES string of the molecule is Cc1ccccc1Cn1c(=O)[nH]c2c(-c3ccccn3)nsc2c1=O. The van der Waals surface area contributed by atoms with Gasteiger partial charge in [0.05, 0.1) is 17.8 Å². The summed E-state index contributed by atoms with van der Waals surface area (Å²) in [6.45, 7) is 2.19. The summed E-state index contributed by atoms with van der Waals surface area (Å²) in [7, 11) is 0. The first-order valence-corrected chi connectivity index (χ1v) is 8.51. The minimum absolute atomic E-state index is 0.230. The zero-order valence-electron chi connectivity index (χ0n) is 13.4. The van der Waals surface area contributed by atoms with Crippen molar-refractivity contribution in [3.05, 3.63) is 80.6 Å². The molecule has 0 spiro atoms. The quantitative estimate of drug-likeness (QED) is 0.616. The highest BCUT2D eigenvalue weighted by molar-refractivity contribution is 7.13. The van der Waals surface area contributed by atoms with Crippen molar-refractivity contribution in [2.45, 2.75) is 13.5 Å². The minimum Gasteiger partial charge on any atom is -0.304 e. The molecule has 0 atom stereocenters. The van der Waals surface area contributed by atoms with Gasteiger partial charge in [0.25, 0.3) is 5.56 Å².